The molecule has 3 amide bonds. The number of carbonyl (C=O) groups is 3. The second-order valence-corrected chi connectivity index (χ2v) is 13.7. The lowest BCUT2D eigenvalue weighted by atomic mass is 9.94. The van der Waals surface area contributed by atoms with E-state index < -0.39 is 27.7 Å². The molecular formula is C27H37N5O5S2. The zero-order chi connectivity index (χ0) is 28.3. The molecule has 2 aliphatic heterocycles. The van der Waals surface area contributed by atoms with Crippen LogP contribution >= 0.6 is 11.3 Å². The van der Waals surface area contributed by atoms with Crippen molar-refractivity contribution < 1.29 is 22.8 Å². The number of nitrogens with zero attached hydrogens (tertiary/aromatic N) is 2. The molecule has 4 rings (SSSR count). The molecule has 3 heterocycles. The summed E-state index contributed by atoms with van der Waals surface area (Å²) in [6.07, 6.45) is 2.67. The van der Waals surface area contributed by atoms with Gasteiger partial charge in [0, 0.05) is 43.5 Å². The maximum atomic E-state index is 13.2. The topological polar surface area (TPSA) is 128 Å². The molecule has 0 radical (unpaired) electrons. The first-order valence-corrected chi connectivity index (χ1v) is 15.6. The van der Waals surface area contributed by atoms with Crippen LogP contribution in [0.1, 0.15) is 71.7 Å². The monoisotopic (exact) mass is 575 g/mol. The molecule has 39 heavy (non-hydrogen) atoms. The highest BCUT2D eigenvalue weighted by atomic mass is 32.2. The number of hydrazine groups is 1. The molecule has 12 heteroatoms. The van der Waals surface area contributed by atoms with Crippen molar-refractivity contribution in [3.8, 4) is 0 Å². The van der Waals surface area contributed by atoms with Crippen molar-refractivity contribution in [2.75, 3.05) is 31.5 Å². The lowest BCUT2D eigenvalue weighted by Crippen LogP contribution is -2.42. The number of anilines is 1. The molecule has 2 aliphatic rings. The van der Waals surface area contributed by atoms with Gasteiger partial charge in [-0.2, -0.15) is 4.31 Å². The summed E-state index contributed by atoms with van der Waals surface area (Å²) in [7, 11) is -3.66. The number of amides is 3. The molecule has 2 aromatic rings. The van der Waals surface area contributed by atoms with Crippen molar-refractivity contribution in [2.45, 2.75) is 58.4 Å². The highest BCUT2D eigenvalue weighted by Crippen LogP contribution is 2.37. The fraction of sp³-hybridized carbons (Fsp3) is 0.519. The van der Waals surface area contributed by atoms with E-state index in [0.717, 1.165) is 36.4 Å². The van der Waals surface area contributed by atoms with Crippen LogP contribution in [0.25, 0.3) is 0 Å². The smallest absolute Gasteiger partial charge is 0.272 e. The van der Waals surface area contributed by atoms with Gasteiger partial charge >= 0.3 is 0 Å². The molecule has 10 nitrogen and oxygen atoms in total. The van der Waals surface area contributed by atoms with E-state index in [-0.39, 0.29) is 22.3 Å². The van der Waals surface area contributed by atoms with Gasteiger partial charge in [-0.15, -0.1) is 11.3 Å². The zero-order valence-electron chi connectivity index (χ0n) is 22.9. The van der Waals surface area contributed by atoms with Gasteiger partial charge in [0.15, 0.2) is 0 Å². The minimum Gasteiger partial charge on any atom is -0.313 e. The third kappa shape index (κ3) is 6.68. The first kappa shape index (κ1) is 29.2. The van der Waals surface area contributed by atoms with Gasteiger partial charge in [0.1, 0.15) is 5.00 Å². The number of sulfonamides is 1. The van der Waals surface area contributed by atoms with Crippen molar-refractivity contribution in [3.05, 3.63) is 45.8 Å². The number of hydrogen-bond acceptors (Lipinski definition) is 7. The van der Waals surface area contributed by atoms with E-state index in [1.54, 1.807) is 0 Å². The summed E-state index contributed by atoms with van der Waals surface area (Å²) in [5, 5.41) is 3.26. The first-order valence-electron chi connectivity index (χ1n) is 13.3. The predicted molar refractivity (Wildman–Crippen MR) is 151 cm³/mol. The van der Waals surface area contributed by atoms with Gasteiger partial charge in [-0.05, 0) is 67.5 Å². The van der Waals surface area contributed by atoms with Gasteiger partial charge in [-0.1, -0.05) is 20.8 Å². The van der Waals surface area contributed by atoms with Crippen molar-refractivity contribution in [1.82, 2.24) is 20.1 Å². The van der Waals surface area contributed by atoms with Crippen LogP contribution in [0.4, 0.5) is 5.00 Å². The maximum Gasteiger partial charge on any atom is 0.272 e. The Labute approximate surface area is 234 Å². The third-order valence-corrected chi connectivity index (χ3v) is 10.0. The van der Waals surface area contributed by atoms with Crippen LogP contribution in [0.5, 0.6) is 0 Å². The SMILES string of the molecule is CCCN1CCc2c(sc(NC(=O)c3ccc(S(=O)(=O)N4CC(C)CC(C)C4)cc3)c2C(=O)NNC(C)=O)C1. The van der Waals surface area contributed by atoms with Crippen LogP contribution in [0.15, 0.2) is 29.2 Å². The van der Waals surface area contributed by atoms with E-state index in [1.807, 2.05) is 0 Å². The molecule has 3 N–H and O–H groups in total. The Hall–Kier alpha value is -2.80. The van der Waals surface area contributed by atoms with Crippen LogP contribution < -0.4 is 16.2 Å². The number of rotatable bonds is 7. The molecule has 1 aromatic heterocycles. The van der Waals surface area contributed by atoms with E-state index in [4.69, 9.17) is 0 Å². The lowest BCUT2D eigenvalue weighted by Gasteiger charge is -2.34. The van der Waals surface area contributed by atoms with E-state index in [0.29, 0.717) is 36.6 Å². The fourth-order valence-corrected chi connectivity index (χ4v) is 8.37. The number of hydrogen-bond donors (Lipinski definition) is 3. The molecule has 1 aromatic carbocycles. The van der Waals surface area contributed by atoms with Crippen LogP contribution in [-0.2, 0) is 27.8 Å². The largest absolute Gasteiger partial charge is 0.313 e. The Morgan fingerprint density at radius 3 is 2.31 bits per heavy atom. The first-order chi connectivity index (χ1) is 18.5. The number of benzene rings is 1. The summed E-state index contributed by atoms with van der Waals surface area (Å²) < 4.78 is 28.0. The van der Waals surface area contributed by atoms with Gasteiger partial charge in [-0.25, -0.2) is 8.42 Å². The molecular weight excluding hydrogens is 538 g/mol. The Kier molecular flexibility index (Phi) is 9.10. The quantitative estimate of drug-likeness (QED) is 0.435. The summed E-state index contributed by atoms with van der Waals surface area (Å²) in [5.41, 5.74) is 6.23. The highest BCUT2D eigenvalue weighted by molar-refractivity contribution is 7.89. The Morgan fingerprint density at radius 1 is 1.03 bits per heavy atom. The summed E-state index contributed by atoms with van der Waals surface area (Å²) in [6, 6.07) is 5.90. The lowest BCUT2D eigenvalue weighted by molar-refractivity contribution is -0.119. The van der Waals surface area contributed by atoms with Crippen molar-refractivity contribution >= 4 is 44.1 Å². The highest BCUT2D eigenvalue weighted by Gasteiger charge is 2.32. The molecule has 0 saturated carbocycles. The molecule has 2 atom stereocenters. The molecule has 0 aliphatic carbocycles. The summed E-state index contributed by atoms with van der Waals surface area (Å²) in [5.74, 6) is -0.770. The van der Waals surface area contributed by atoms with Crippen LogP contribution in [-0.4, -0.2) is 61.5 Å². The second-order valence-electron chi connectivity index (χ2n) is 10.6. The average Bonchev–Trinajstić information content (AvgIpc) is 3.24. The van der Waals surface area contributed by atoms with Crippen molar-refractivity contribution in [3.63, 3.8) is 0 Å². The Bertz CT molecular complexity index is 1330. The third-order valence-electron chi connectivity index (χ3n) is 7.07. The number of thiophene rings is 1. The van der Waals surface area contributed by atoms with E-state index >= 15 is 0 Å². The Morgan fingerprint density at radius 2 is 1.69 bits per heavy atom. The minimum absolute atomic E-state index is 0.151. The van der Waals surface area contributed by atoms with Gasteiger partial charge in [0.25, 0.3) is 11.8 Å². The zero-order valence-corrected chi connectivity index (χ0v) is 24.5. The number of piperidine rings is 1. The molecule has 1 fully saturated rings. The maximum absolute atomic E-state index is 13.2. The molecule has 0 bridgehead atoms. The van der Waals surface area contributed by atoms with Gasteiger partial charge < -0.3 is 5.32 Å². The fourth-order valence-electron chi connectivity index (χ4n) is 5.40. The van der Waals surface area contributed by atoms with Crippen LogP contribution in [0, 0.1) is 11.8 Å². The summed E-state index contributed by atoms with van der Waals surface area (Å²) >= 11 is 1.35. The van der Waals surface area contributed by atoms with Gasteiger partial charge in [-0.3, -0.25) is 30.1 Å². The predicted octanol–water partition coefficient (Wildman–Crippen LogP) is 3.22. The van der Waals surface area contributed by atoms with E-state index in [1.165, 1.54) is 46.8 Å². The van der Waals surface area contributed by atoms with Gasteiger partial charge in [0.05, 0.1) is 10.5 Å². The number of fused-ring (bicyclic) bond motifs is 1. The minimum atomic E-state index is -3.66. The Balaban J connectivity index is 1.55. The second kappa shape index (κ2) is 12.2. The molecule has 2 unspecified atom stereocenters. The van der Waals surface area contributed by atoms with Gasteiger partial charge in [0.2, 0.25) is 15.9 Å². The van der Waals surface area contributed by atoms with E-state index in [9.17, 15) is 22.8 Å². The number of carbonyl (C=O) groups excluding carboxylic acids is 3. The molecule has 212 valence electrons. The average molecular weight is 576 g/mol. The standard InChI is InChI=1S/C27H37N5O5S2/c1-5-11-31-12-10-22-23(16-31)38-27(24(22)26(35)30-29-19(4)33)28-25(34)20-6-8-21(9-7-20)39(36,37)32-14-17(2)13-18(3)15-32/h6-9,17-18H,5,10-16H2,1-4H3,(H,28,34)(H,29,33)(H,30,35). The normalized spacial score (nSPS) is 20.2. The van der Waals surface area contributed by atoms with Crippen molar-refractivity contribution in [1.29, 1.82) is 0 Å². The molecule has 1 saturated heterocycles. The summed E-state index contributed by atoms with van der Waals surface area (Å²) in [6.45, 7) is 10.9. The summed E-state index contributed by atoms with van der Waals surface area (Å²) in [4.78, 5) is 41.0. The van der Waals surface area contributed by atoms with Crippen LogP contribution in [0.2, 0.25) is 0 Å². The van der Waals surface area contributed by atoms with E-state index in [2.05, 4.69) is 41.8 Å². The van der Waals surface area contributed by atoms with Crippen molar-refractivity contribution in [2.24, 2.45) is 11.8 Å². The number of nitrogens with one attached hydrogen (secondary N) is 3. The van der Waals surface area contributed by atoms with Crippen LogP contribution in [0.3, 0.4) is 0 Å². The molecule has 0 spiro atoms.